The molecule has 1 unspecified atom stereocenters. The van der Waals surface area contributed by atoms with Crippen molar-refractivity contribution in [2.45, 2.75) is 24.8 Å². The molecule has 108 valence electrons. The van der Waals surface area contributed by atoms with Gasteiger partial charge in [0.15, 0.2) is 0 Å². The highest BCUT2D eigenvalue weighted by atomic mass is 35.5. The summed E-state index contributed by atoms with van der Waals surface area (Å²) in [6.45, 7) is 3.70. The Morgan fingerprint density at radius 3 is 2.53 bits per heavy atom. The quantitative estimate of drug-likeness (QED) is 0.897. The number of methoxy groups -OCH3 is 1. The number of halogens is 1. The molecule has 1 aromatic carbocycles. The first-order chi connectivity index (χ1) is 8.75. The Balaban J connectivity index is 3.34. The van der Waals surface area contributed by atoms with E-state index in [-0.39, 0.29) is 22.5 Å². The first kappa shape index (κ1) is 16.2. The van der Waals surface area contributed by atoms with Gasteiger partial charge in [0, 0.05) is 19.6 Å². The lowest BCUT2D eigenvalue weighted by molar-refractivity contribution is 0.393. The molecule has 2 N–H and O–H groups in total. The van der Waals surface area contributed by atoms with Gasteiger partial charge in [0.25, 0.3) is 0 Å². The molecule has 0 aliphatic rings. The van der Waals surface area contributed by atoms with Crippen molar-refractivity contribution in [1.29, 1.82) is 0 Å². The largest absolute Gasteiger partial charge is 0.495 e. The zero-order chi connectivity index (χ0) is 14.8. The predicted octanol–water partition coefficient (Wildman–Crippen LogP) is 1.62. The van der Waals surface area contributed by atoms with Crippen molar-refractivity contribution < 1.29 is 13.2 Å². The van der Waals surface area contributed by atoms with Crippen molar-refractivity contribution in [1.82, 2.24) is 4.31 Å². The van der Waals surface area contributed by atoms with Gasteiger partial charge in [-0.05, 0) is 31.5 Å². The minimum absolute atomic E-state index is 0.168. The molecule has 1 atom stereocenters. The van der Waals surface area contributed by atoms with E-state index in [9.17, 15) is 8.42 Å². The molecule has 0 aromatic heterocycles. The molecule has 0 bridgehead atoms. The number of sulfonamides is 1. The first-order valence-corrected chi connectivity index (χ1v) is 7.59. The van der Waals surface area contributed by atoms with Gasteiger partial charge in [-0.3, -0.25) is 0 Å². The summed E-state index contributed by atoms with van der Waals surface area (Å²) >= 11 is 5.99. The Morgan fingerprint density at radius 2 is 2.05 bits per heavy atom. The van der Waals surface area contributed by atoms with Crippen LogP contribution in [0.3, 0.4) is 0 Å². The third-order valence-electron chi connectivity index (χ3n) is 3.07. The maximum atomic E-state index is 12.5. The van der Waals surface area contributed by atoms with Crippen molar-refractivity contribution >= 4 is 21.6 Å². The van der Waals surface area contributed by atoms with Gasteiger partial charge < -0.3 is 10.5 Å². The van der Waals surface area contributed by atoms with Gasteiger partial charge in [-0.2, -0.15) is 4.31 Å². The molecule has 0 radical (unpaired) electrons. The summed E-state index contributed by atoms with van der Waals surface area (Å²) in [6.07, 6.45) is 0. The van der Waals surface area contributed by atoms with Crippen molar-refractivity contribution in [3.05, 3.63) is 22.7 Å². The summed E-state index contributed by atoms with van der Waals surface area (Å²) in [5.41, 5.74) is 6.09. The van der Waals surface area contributed by atoms with Crippen LogP contribution in [0, 0.1) is 6.92 Å². The van der Waals surface area contributed by atoms with Crippen LogP contribution in [0.2, 0.25) is 5.02 Å². The number of nitrogens with zero attached hydrogens (tertiary/aromatic N) is 1. The van der Waals surface area contributed by atoms with Crippen LogP contribution in [0.4, 0.5) is 0 Å². The predicted molar refractivity (Wildman–Crippen MR) is 76.2 cm³/mol. The van der Waals surface area contributed by atoms with Crippen LogP contribution in [-0.2, 0) is 10.0 Å². The SMILES string of the molecule is COc1cc(C)c(S(=O)(=O)N(C)C(C)CN)cc1Cl. The van der Waals surface area contributed by atoms with Crippen LogP contribution in [0.15, 0.2) is 17.0 Å². The molecule has 0 amide bonds. The smallest absolute Gasteiger partial charge is 0.243 e. The molecule has 0 fully saturated rings. The molecule has 0 aliphatic carbocycles. The summed E-state index contributed by atoms with van der Waals surface area (Å²) < 4.78 is 31.3. The van der Waals surface area contributed by atoms with E-state index in [1.807, 2.05) is 0 Å². The lowest BCUT2D eigenvalue weighted by atomic mass is 10.2. The van der Waals surface area contributed by atoms with Crippen LogP contribution in [-0.4, -0.2) is 39.5 Å². The fourth-order valence-corrected chi connectivity index (χ4v) is 3.52. The van der Waals surface area contributed by atoms with Crippen molar-refractivity contribution in [3.63, 3.8) is 0 Å². The summed E-state index contributed by atoms with van der Waals surface area (Å²) in [7, 11) is -0.627. The minimum Gasteiger partial charge on any atom is -0.495 e. The Morgan fingerprint density at radius 1 is 1.47 bits per heavy atom. The molecular weight excluding hydrogens is 288 g/mol. The van der Waals surface area contributed by atoms with Crippen molar-refractivity contribution in [2.75, 3.05) is 20.7 Å². The molecule has 19 heavy (non-hydrogen) atoms. The molecule has 0 spiro atoms. The molecule has 5 nitrogen and oxygen atoms in total. The lowest BCUT2D eigenvalue weighted by Crippen LogP contribution is -2.39. The number of aryl methyl sites for hydroxylation is 1. The molecule has 1 aromatic rings. The minimum atomic E-state index is -3.62. The van der Waals surface area contributed by atoms with Crippen LogP contribution in [0.25, 0.3) is 0 Å². The second kappa shape index (κ2) is 6.09. The van der Waals surface area contributed by atoms with Crippen molar-refractivity contribution in [2.24, 2.45) is 5.73 Å². The van der Waals surface area contributed by atoms with Gasteiger partial charge in [0.1, 0.15) is 5.75 Å². The highest BCUT2D eigenvalue weighted by molar-refractivity contribution is 7.89. The standard InChI is InChI=1S/C12H19ClN2O3S/c1-8-5-11(18-4)10(13)6-12(8)19(16,17)15(3)9(2)7-14/h5-6,9H,7,14H2,1-4H3. The molecular formula is C12H19ClN2O3S. The van der Waals surface area contributed by atoms with E-state index in [0.29, 0.717) is 11.3 Å². The Kier molecular flexibility index (Phi) is 5.20. The summed E-state index contributed by atoms with van der Waals surface area (Å²) in [6, 6.07) is 2.73. The van der Waals surface area contributed by atoms with Gasteiger partial charge in [-0.15, -0.1) is 0 Å². The van der Waals surface area contributed by atoms with Crippen LogP contribution in [0.1, 0.15) is 12.5 Å². The molecule has 7 heteroatoms. The fraction of sp³-hybridized carbons (Fsp3) is 0.500. The lowest BCUT2D eigenvalue weighted by Gasteiger charge is -2.24. The number of hydrogen-bond donors (Lipinski definition) is 1. The van der Waals surface area contributed by atoms with Gasteiger partial charge >= 0.3 is 0 Å². The molecule has 0 saturated heterocycles. The number of ether oxygens (including phenoxy) is 1. The fourth-order valence-electron chi connectivity index (χ4n) is 1.61. The van der Waals surface area contributed by atoms with E-state index >= 15 is 0 Å². The van der Waals surface area contributed by atoms with E-state index in [2.05, 4.69) is 0 Å². The van der Waals surface area contributed by atoms with Crippen LogP contribution >= 0.6 is 11.6 Å². The number of likely N-dealkylation sites (N-methyl/N-ethyl adjacent to an activating group) is 1. The van der Waals surface area contributed by atoms with Gasteiger partial charge in [-0.1, -0.05) is 11.6 Å². The van der Waals surface area contributed by atoms with Gasteiger partial charge in [-0.25, -0.2) is 8.42 Å². The van der Waals surface area contributed by atoms with E-state index in [1.54, 1.807) is 19.9 Å². The average molecular weight is 307 g/mol. The zero-order valence-electron chi connectivity index (χ0n) is 11.5. The van der Waals surface area contributed by atoms with Gasteiger partial charge in [0.05, 0.1) is 17.0 Å². The first-order valence-electron chi connectivity index (χ1n) is 5.78. The van der Waals surface area contributed by atoms with Crippen molar-refractivity contribution in [3.8, 4) is 5.75 Å². The Labute approximate surface area is 119 Å². The zero-order valence-corrected chi connectivity index (χ0v) is 13.0. The number of rotatable bonds is 5. The summed E-state index contributed by atoms with van der Waals surface area (Å²) in [5.74, 6) is 0.452. The topological polar surface area (TPSA) is 72.6 Å². The monoisotopic (exact) mass is 306 g/mol. The van der Waals surface area contributed by atoms with E-state index in [4.69, 9.17) is 22.1 Å². The summed E-state index contributed by atoms with van der Waals surface area (Å²) in [5, 5.41) is 0.264. The molecule has 0 saturated carbocycles. The third kappa shape index (κ3) is 3.20. The maximum absolute atomic E-state index is 12.5. The maximum Gasteiger partial charge on any atom is 0.243 e. The number of nitrogens with two attached hydrogens (primary N) is 1. The molecule has 0 aliphatic heterocycles. The number of hydrogen-bond acceptors (Lipinski definition) is 4. The summed E-state index contributed by atoms with van der Waals surface area (Å²) in [4.78, 5) is 0.168. The highest BCUT2D eigenvalue weighted by Gasteiger charge is 2.27. The van der Waals surface area contributed by atoms with E-state index < -0.39 is 10.0 Å². The highest BCUT2D eigenvalue weighted by Crippen LogP contribution is 2.31. The average Bonchev–Trinajstić information content (AvgIpc) is 2.38. The second-order valence-corrected chi connectivity index (χ2v) is 6.73. The molecule has 0 heterocycles. The van der Waals surface area contributed by atoms with Gasteiger partial charge in [0.2, 0.25) is 10.0 Å². The van der Waals surface area contributed by atoms with E-state index in [0.717, 1.165) is 0 Å². The Hall–Kier alpha value is -0.820. The van der Waals surface area contributed by atoms with Crippen LogP contribution in [0.5, 0.6) is 5.75 Å². The normalized spacial score (nSPS) is 13.6. The Bertz CT molecular complexity index is 560. The second-order valence-electron chi connectivity index (χ2n) is 4.36. The van der Waals surface area contributed by atoms with Crippen LogP contribution < -0.4 is 10.5 Å². The third-order valence-corrected chi connectivity index (χ3v) is 5.48. The molecule has 1 rings (SSSR count). The number of benzene rings is 1. The van der Waals surface area contributed by atoms with E-state index in [1.165, 1.54) is 24.5 Å².